The van der Waals surface area contributed by atoms with Gasteiger partial charge in [-0.3, -0.25) is 14.1 Å². The summed E-state index contributed by atoms with van der Waals surface area (Å²) in [6, 6.07) is -1.62. The maximum Gasteiger partial charge on any atom is 0.510 e. The van der Waals surface area contributed by atoms with Gasteiger partial charge in [0, 0.05) is 12.3 Å². The van der Waals surface area contributed by atoms with Crippen LogP contribution in [-0.4, -0.2) is 115 Å². The third kappa shape index (κ3) is 10.3. The second kappa shape index (κ2) is 16.5. The van der Waals surface area contributed by atoms with Gasteiger partial charge in [0.05, 0.1) is 25.4 Å². The molecular formula is C25H39FN3O16P. The van der Waals surface area contributed by atoms with Crippen LogP contribution in [-0.2, 0) is 56.1 Å². The quantitative estimate of drug-likeness (QED) is 0.0752. The Morgan fingerprint density at radius 2 is 1.67 bits per heavy atom. The monoisotopic (exact) mass is 687 g/mol. The van der Waals surface area contributed by atoms with Gasteiger partial charge < -0.3 is 54.6 Å². The lowest BCUT2D eigenvalue weighted by Crippen LogP contribution is -2.58. The Hall–Kier alpha value is -3.36. The van der Waals surface area contributed by atoms with Gasteiger partial charge in [-0.1, -0.05) is 6.58 Å². The van der Waals surface area contributed by atoms with E-state index in [-0.39, 0.29) is 5.82 Å². The van der Waals surface area contributed by atoms with Crippen molar-refractivity contribution in [3.05, 3.63) is 24.7 Å². The molecule has 2 aliphatic heterocycles. The molecule has 0 aromatic rings. The van der Waals surface area contributed by atoms with Crippen LogP contribution in [0.15, 0.2) is 24.7 Å². The molecule has 46 heavy (non-hydrogen) atoms. The Morgan fingerprint density at radius 1 is 1.13 bits per heavy atom. The van der Waals surface area contributed by atoms with Gasteiger partial charge in [-0.2, -0.15) is 0 Å². The van der Waals surface area contributed by atoms with Gasteiger partial charge in [-0.05, 0) is 34.6 Å². The maximum absolute atomic E-state index is 15.1. The molecular weight excluding hydrogens is 648 g/mol. The fourth-order valence-electron chi connectivity index (χ4n) is 3.90. The zero-order valence-corrected chi connectivity index (χ0v) is 26.6. The van der Waals surface area contributed by atoms with Crippen LogP contribution in [0.1, 0.15) is 34.6 Å². The number of ether oxygens (including phenoxy) is 6. The van der Waals surface area contributed by atoms with Gasteiger partial charge in [0.25, 0.3) is 5.91 Å². The molecule has 0 radical (unpaired) electrons. The van der Waals surface area contributed by atoms with Gasteiger partial charge in [-0.25, -0.2) is 27.6 Å². The fourth-order valence-corrected chi connectivity index (χ4v) is 4.86. The second-order valence-electron chi connectivity index (χ2n) is 10.5. The first kappa shape index (κ1) is 38.8. The molecule has 2 heterocycles. The third-order valence-electron chi connectivity index (χ3n) is 5.94. The van der Waals surface area contributed by atoms with Crippen molar-refractivity contribution in [3.8, 4) is 0 Å². The normalized spacial score (nSPS) is 25.3. The predicted octanol–water partition coefficient (Wildman–Crippen LogP) is 0.646. The summed E-state index contributed by atoms with van der Waals surface area (Å²) in [5.74, 6) is -2.00. The van der Waals surface area contributed by atoms with E-state index >= 15 is 4.39 Å². The minimum absolute atomic E-state index is 0.126. The molecule has 1 saturated heterocycles. The molecule has 1 amide bonds. The summed E-state index contributed by atoms with van der Waals surface area (Å²) in [5.41, 5.74) is 0.672. The van der Waals surface area contributed by atoms with E-state index in [0.29, 0.717) is 0 Å². The number of amides is 1. The number of halogens is 1. The van der Waals surface area contributed by atoms with Gasteiger partial charge >= 0.3 is 26.1 Å². The Morgan fingerprint density at radius 3 is 2.13 bits per heavy atom. The minimum atomic E-state index is -5.01. The fraction of sp³-hybridized carbons (Fsp3) is 0.680. The van der Waals surface area contributed by atoms with Crippen LogP contribution in [0.25, 0.3) is 0 Å². The number of esters is 1. The van der Waals surface area contributed by atoms with Crippen molar-refractivity contribution >= 4 is 32.0 Å². The number of carbonyl (C=O) groups is 4. The Bertz CT molecular complexity index is 1170. The first-order valence-electron chi connectivity index (χ1n) is 13.6. The van der Waals surface area contributed by atoms with Crippen LogP contribution in [0.4, 0.5) is 14.0 Å². The highest BCUT2D eigenvalue weighted by Crippen LogP contribution is 2.52. The summed E-state index contributed by atoms with van der Waals surface area (Å²) >= 11 is 0. The number of nitrogens with one attached hydrogen (secondary N) is 1. The molecule has 21 heteroatoms. The molecule has 2 rings (SSSR count). The standard InChI is InChI=1S/C25H39FN3O16P/c1-14(2)42-22(33)37-12-40-46(36,41-13-38-23(34)43-15(3)4)39-11-25(10-26)20(44-19(32)17(27)9-30)24(6,35)21(45-25)29-8-7-18(31)28-16(29)5/h7-8,14-15,17,20-21,30,35H,5,9-13,27H2,1-4,6H3,(H,28,31)/t17?,20-,21+,24+,25+/m0/s1. The first-order valence-corrected chi connectivity index (χ1v) is 15.1. The molecule has 1 fully saturated rings. The zero-order chi connectivity index (χ0) is 34.9. The molecule has 0 aliphatic carbocycles. The van der Waals surface area contributed by atoms with Crippen molar-refractivity contribution < 1.29 is 80.3 Å². The average molecular weight is 688 g/mol. The highest BCUT2D eigenvalue weighted by atomic mass is 31.2. The number of nitrogens with zero attached hydrogens (tertiary/aromatic N) is 1. The zero-order valence-electron chi connectivity index (χ0n) is 25.7. The number of hydrogen-bond donors (Lipinski definition) is 4. The molecule has 262 valence electrons. The van der Waals surface area contributed by atoms with Crippen LogP contribution < -0.4 is 11.1 Å². The van der Waals surface area contributed by atoms with E-state index < -0.39 is 107 Å². The topological polar surface area (TPSA) is 250 Å². The largest absolute Gasteiger partial charge is 0.510 e. The van der Waals surface area contributed by atoms with Gasteiger partial charge in [0.1, 0.15) is 24.1 Å². The predicted molar refractivity (Wildman–Crippen MR) is 148 cm³/mol. The summed E-state index contributed by atoms with van der Waals surface area (Å²) in [6.45, 7) is 4.95. The first-order chi connectivity index (χ1) is 21.4. The van der Waals surface area contributed by atoms with Crippen LogP contribution in [0.5, 0.6) is 0 Å². The van der Waals surface area contributed by atoms with E-state index in [0.717, 1.165) is 24.1 Å². The molecule has 0 aromatic heterocycles. The van der Waals surface area contributed by atoms with Crippen molar-refractivity contribution in [2.75, 3.05) is 33.5 Å². The molecule has 0 bridgehead atoms. The van der Waals surface area contributed by atoms with Crippen molar-refractivity contribution in [1.82, 2.24) is 10.2 Å². The number of alkyl halides is 1. The SMILES string of the molecule is C=C1NC(=O)C=CN1[C@@H]1O[C@](CF)(COP(=O)(OCOC(=O)OC(C)C)OCOC(=O)OC(C)C)[C@@H](OC(=O)C(N)CO)[C@@]1(C)O. The van der Waals surface area contributed by atoms with Crippen LogP contribution >= 0.6 is 7.82 Å². The lowest BCUT2D eigenvalue weighted by Gasteiger charge is -2.37. The number of aliphatic hydroxyl groups excluding tert-OH is 1. The number of phosphoric ester groups is 1. The maximum atomic E-state index is 15.1. The second-order valence-corrected chi connectivity index (χ2v) is 12.2. The number of rotatable bonds is 16. The van der Waals surface area contributed by atoms with E-state index in [2.05, 4.69) is 21.4 Å². The highest BCUT2D eigenvalue weighted by Gasteiger charge is 2.66. The number of hydrogen-bond acceptors (Lipinski definition) is 18. The number of carbonyl (C=O) groups excluding carboxylic acids is 4. The summed E-state index contributed by atoms with van der Waals surface area (Å²) in [4.78, 5) is 48.9. The van der Waals surface area contributed by atoms with E-state index in [4.69, 9.17) is 38.3 Å². The molecule has 1 unspecified atom stereocenters. The van der Waals surface area contributed by atoms with Crippen molar-refractivity contribution in [3.63, 3.8) is 0 Å². The van der Waals surface area contributed by atoms with Gasteiger partial charge in [0.15, 0.2) is 17.9 Å². The van der Waals surface area contributed by atoms with Crippen LogP contribution in [0.2, 0.25) is 0 Å². The summed E-state index contributed by atoms with van der Waals surface area (Å²) in [7, 11) is -5.01. The Balaban J connectivity index is 2.40. The summed E-state index contributed by atoms with van der Waals surface area (Å²) in [6.07, 6.45) is -5.12. The molecule has 5 N–H and O–H groups in total. The van der Waals surface area contributed by atoms with E-state index in [1.54, 1.807) is 0 Å². The smallest absolute Gasteiger partial charge is 0.455 e. The van der Waals surface area contributed by atoms with Crippen molar-refractivity contribution in [2.24, 2.45) is 5.73 Å². The molecule has 2 aliphatic rings. The summed E-state index contributed by atoms with van der Waals surface area (Å²) < 4.78 is 73.8. The number of aliphatic hydroxyl groups is 2. The molecule has 0 spiro atoms. The molecule has 5 atom stereocenters. The number of phosphoric acid groups is 1. The lowest BCUT2D eigenvalue weighted by atomic mass is 9.87. The minimum Gasteiger partial charge on any atom is -0.455 e. The van der Waals surface area contributed by atoms with Gasteiger partial charge in [0.2, 0.25) is 13.6 Å². The molecule has 0 saturated carbocycles. The lowest BCUT2D eigenvalue weighted by molar-refractivity contribution is -0.178. The van der Waals surface area contributed by atoms with Crippen LogP contribution in [0, 0.1) is 0 Å². The van der Waals surface area contributed by atoms with Crippen molar-refractivity contribution in [1.29, 1.82) is 0 Å². The average Bonchev–Trinajstić information content (AvgIpc) is 3.17. The summed E-state index contributed by atoms with van der Waals surface area (Å²) in [5, 5.41) is 23.2. The highest BCUT2D eigenvalue weighted by molar-refractivity contribution is 7.48. The molecule has 19 nitrogen and oxygen atoms in total. The third-order valence-corrected chi connectivity index (χ3v) is 7.23. The molecule has 0 aromatic carbocycles. The Labute approximate surface area is 263 Å². The van der Waals surface area contributed by atoms with E-state index in [1.165, 1.54) is 27.7 Å². The Kier molecular flexibility index (Phi) is 13.9. The number of nitrogens with two attached hydrogens (primary N) is 1. The van der Waals surface area contributed by atoms with Crippen molar-refractivity contribution in [2.45, 2.75) is 76.4 Å². The van der Waals surface area contributed by atoms with E-state index in [1.807, 2.05) is 0 Å². The van der Waals surface area contributed by atoms with Crippen LogP contribution in [0.3, 0.4) is 0 Å². The van der Waals surface area contributed by atoms with E-state index in [9.17, 15) is 34.0 Å². The van der Waals surface area contributed by atoms with Gasteiger partial charge in [-0.15, -0.1) is 0 Å².